The van der Waals surface area contributed by atoms with Crippen molar-refractivity contribution in [1.29, 1.82) is 0 Å². The number of amidine groups is 1. The number of nitrogens with one attached hydrogen (secondary N) is 1. The van der Waals surface area contributed by atoms with Crippen LogP contribution in [0.5, 0.6) is 11.5 Å². The summed E-state index contributed by atoms with van der Waals surface area (Å²) in [6.45, 7) is 3.23. The number of rotatable bonds is 8. The van der Waals surface area contributed by atoms with Crippen LogP contribution in [0.2, 0.25) is 5.02 Å². The van der Waals surface area contributed by atoms with Crippen molar-refractivity contribution >= 4 is 52.2 Å². The summed E-state index contributed by atoms with van der Waals surface area (Å²) in [6.07, 6.45) is 3.81. The van der Waals surface area contributed by atoms with Crippen LogP contribution in [0.1, 0.15) is 11.1 Å². The summed E-state index contributed by atoms with van der Waals surface area (Å²) in [7, 11) is 1.46. The van der Waals surface area contributed by atoms with Crippen LogP contribution in [0, 0.1) is 0 Å². The maximum Gasteiger partial charge on any atom is 0.341 e. The Balaban J connectivity index is 1.91. The van der Waals surface area contributed by atoms with Crippen LogP contribution < -0.4 is 14.8 Å². The Labute approximate surface area is 188 Å². The third-order valence-electron chi connectivity index (χ3n) is 4.07. The van der Waals surface area contributed by atoms with Gasteiger partial charge in [0.15, 0.2) is 23.3 Å². The molecule has 0 unspecified atom stereocenters. The van der Waals surface area contributed by atoms with Crippen molar-refractivity contribution in [3.05, 3.63) is 70.1 Å². The monoisotopic (exact) mass is 458 g/mol. The molecule has 1 heterocycles. The quantitative estimate of drug-likeness (QED) is 0.448. The van der Waals surface area contributed by atoms with Crippen LogP contribution >= 0.6 is 23.4 Å². The second-order valence-corrected chi connectivity index (χ2v) is 7.82. The summed E-state index contributed by atoms with van der Waals surface area (Å²) in [5.41, 5.74) is 2.02. The smallest absolute Gasteiger partial charge is 0.341 e. The summed E-state index contributed by atoms with van der Waals surface area (Å²) < 4.78 is 10.8. The summed E-state index contributed by atoms with van der Waals surface area (Å²) >= 11 is 7.18. The lowest BCUT2D eigenvalue weighted by molar-refractivity contribution is -0.139. The maximum atomic E-state index is 12.4. The van der Waals surface area contributed by atoms with E-state index in [1.807, 2.05) is 0 Å². The number of benzene rings is 2. The Hall–Kier alpha value is -3.23. The number of carbonyl (C=O) groups excluding carboxylic acids is 1. The van der Waals surface area contributed by atoms with Gasteiger partial charge in [-0.15, -0.1) is 6.58 Å². The molecule has 0 spiro atoms. The molecule has 2 aromatic carbocycles. The molecule has 3 rings (SSSR count). The summed E-state index contributed by atoms with van der Waals surface area (Å²) in [4.78, 5) is 28.2. The number of ether oxygens (including phenoxy) is 2. The topological polar surface area (TPSA) is 97.2 Å². The van der Waals surface area contributed by atoms with Crippen LogP contribution in [0.25, 0.3) is 6.08 Å². The Morgan fingerprint density at radius 1 is 1.35 bits per heavy atom. The minimum atomic E-state index is -1.09. The van der Waals surface area contributed by atoms with Crippen LogP contribution in [0.4, 0.5) is 5.69 Å². The second kappa shape index (κ2) is 10.2. The minimum Gasteiger partial charge on any atom is -0.493 e. The van der Waals surface area contributed by atoms with E-state index in [1.165, 1.54) is 18.9 Å². The number of thioether (sulfide) groups is 1. The number of hydrogen-bond acceptors (Lipinski definition) is 6. The number of hydrogen-bond donors (Lipinski definition) is 2. The van der Waals surface area contributed by atoms with E-state index in [9.17, 15) is 9.59 Å². The van der Waals surface area contributed by atoms with Gasteiger partial charge in [0, 0.05) is 10.6 Å². The van der Waals surface area contributed by atoms with Crippen molar-refractivity contribution in [3.8, 4) is 11.5 Å². The van der Waals surface area contributed by atoms with E-state index in [2.05, 4.69) is 16.9 Å². The number of methoxy groups -OCH3 is 1. The highest BCUT2D eigenvalue weighted by Gasteiger charge is 2.24. The van der Waals surface area contributed by atoms with Crippen molar-refractivity contribution in [2.75, 3.05) is 13.7 Å². The maximum absolute atomic E-state index is 12.4. The molecule has 9 heteroatoms. The van der Waals surface area contributed by atoms with Crippen molar-refractivity contribution in [1.82, 2.24) is 5.32 Å². The third-order valence-corrected chi connectivity index (χ3v) is 5.21. The highest BCUT2D eigenvalue weighted by molar-refractivity contribution is 8.18. The number of allylic oxidation sites excluding steroid dienone is 1. The zero-order valence-corrected chi connectivity index (χ0v) is 18.1. The second-order valence-electron chi connectivity index (χ2n) is 6.35. The van der Waals surface area contributed by atoms with Gasteiger partial charge in [-0.3, -0.25) is 4.79 Å². The fourth-order valence-corrected chi connectivity index (χ4v) is 3.84. The lowest BCUT2D eigenvalue weighted by Gasteiger charge is -2.14. The number of amides is 1. The lowest BCUT2D eigenvalue weighted by Crippen LogP contribution is -2.19. The van der Waals surface area contributed by atoms with Gasteiger partial charge in [0.2, 0.25) is 0 Å². The number of aliphatic carboxylic acids is 1. The molecule has 7 nitrogen and oxygen atoms in total. The molecule has 0 atom stereocenters. The van der Waals surface area contributed by atoms with Crippen LogP contribution in [-0.4, -0.2) is 35.9 Å². The predicted octanol–water partition coefficient (Wildman–Crippen LogP) is 4.43. The number of carboxylic acids is 1. The summed E-state index contributed by atoms with van der Waals surface area (Å²) in [5.74, 6) is -0.674. The highest BCUT2D eigenvalue weighted by atomic mass is 35.5. The van der Waals surface area contributed by atoms with Crippen LogP contribution in [0.15, 0.2) is 59.0 Å². The Kier molecular flexibility index (Phi) is 7.38. The van der Waals surface area contributed by atoms with Crippen molar-refractivity contribution in [2.24, 2.45) is 4.99 Å². The molecule has 0 aromatic heterocycles. The molecule has 1 amide bonds. The zero-order valence-electron chi connectivity index (χ0n) is 16.6. The molecule has 1 aliphatic rings. The SMILES string of the molecule is C=CCc1cc(/C=C2\SC(=Nc3cccc(Cl)c3)NC2=O)cc(OC)c1OCC(=O)O. The third kappa shape index (κ3) is 5.90. The normalized spacial score (nSPS) is 15.7. The van der Waals surface area contributed by atoms with Gasteiger partial charge in [0.05, 0.1) is 17.7 Å². The first-order chi connectivity index (χ1) is 14.9. The molecular formula is C22H19ClN2O5S. The average Bonchev–Trinajstić information content (AvgIpc) is 3.05. The van der Waals surface area contributed by atoms with E-state index < -0.39 is 12.6 Å². The lowest BCUT2D eigenvalue weighted by atomic mass is 10.0. The van der Waals surface area contributed by atoms with Gasteiger partial charge in [-0.2, -0.15) is 0 Å². The molecule has 2 aromatic rings. The molecule has 2 N–H and O–H groups in total. The van der Waals surface area contributed by atoms with E-state index in [4.69, 9.17) is 26.2 Å². The van der Waals surface area contributed by atoms with Crippen LogP contribution in [-0.2, 0) is 16.0 Å². The number of carboxylic acid groups (broad SMARTS) is 1. The fraction of sp³-hybridized carbons (Fsp3) is 0.136. The van der Waals surface area contributed by atoms with Crippen LogP contribution in [0.3, 0.4) is 0 Å². The molecule has 31 heavy (non-hydrogen) atoms. The van der Waals surface area contributed by atoms with Gasteiger partial charge in [-0.1, -0.05) is 23.7 Å². The molecule has 1 aliphatic heterocycles. The Morgan fingerprint density at radius 2 is 2.16 bits per heavy atom. The van der Waals surface area contributed by atoms with Gasteiger partial charge in [-0.25, -0.2) is 9.79 Å². The van der Waals surface area contributed by atoms with Gasteiger partial charge < -0.3 is 19.9 Å². The Morgan fingerprint density at radius 3 is 2.84 bits per heavy atom. The first kappa shape index (κ1) is 22.5. The largest absolute Gasteiger partial charge is 0.493 e. The Bertz CT molecular complexity index is 1100. The first-order valence-corrected chi connectivity index (χ1v) is 10.3. The zero-order chi connectivity index (χ0) is 22.4. The first-order valence-electron chi connectivity index (χ1n) is 9.11. The molecule has 0 radical (unpaired) electrons. The average molecular weight is 459 g/mol. The molecule has 0 aliphatic carbocycles. The number of carbonyl (C=O) groups is 2. The van der Waals surface area contributed by atoms with Gasteiger partial charge in [-0.05, 0) is 60.2 Å². The number of halogens is 1. The van der Waals surface area contributed by atoms with E-state index in [-0.39, 0.29) is 5.91 Å². The van der Waals surface area contributed by atoms with E-state index in [0.717, 1.165) is 0 Å². The standard InChI is InChI=1S/C22H19ClN2O5S/c1-3-5-14-8-13(9-17(29-2)20(14)30-12-19(26)27)10-18-21(28)25-22(31-18)24-16-7-4-6-15(23)11-16/h3-4,6-11H,1,5,12H2,2H3,(H,26,27)(H,24,25,28)/b18-10-. The highest BCUT2D eigenvalue weighted by Crippen LogP contribution is 2.36. The predicted molar refractivity (Wildman–Crippen MR) is 122 cm³/mol. The van der Waals surface area contributed by atoms with Gasteiger partial charge in [0.1, 0.15) is 0 Å². The molecule has 1 saturated heterocycles. The van der Waals surface area contributed by atoms with Gasteiger partial charge in [0.25, 0.3) is 5.91 Å². The number of nitrogens with zero attached hydrogens (tertiary/aromatic N) is 1. The fourth-order valence-electron chi connectivity index (χ4n) is 2.82. The molecule has 1 fully saturated rings. The molecule has 0 bridgehead atoms. The van der Waals surface area contributed by atoms with E-state index in [1.54, 1.807) is 48.6 Å². The molecular weight excluding hydrogens is 440 g/mol. The minimum absolute atomic E-state index is 0.277. The molecule has 0 saturated carbocycles. The number of aliphatic imine (C=N–C) groups is 1. The van der Waals surface area contributed by atoms with E-state index >= 15 is 0 Å². The van der Waals surface area contributed by atoms with Crippen molar-refractivity contribution in [3.63, 3.8) is 0 Å². The molecule has 160 valence electrons. The van der Waals surface area contributed by atoms with Crippen molar-refractivity contribution < 1.29 is 24.2 Å². The van der Waals surface area contributed by atoms with Gasteiger partial charge >= 0.3 is 5.97 Å². The van der Waals surface area contributed by atoms with Crippen molar-refractivity contribution in [2.45, 2.75) is 6.42 Å². The summed E-state index contributed by atoms with van der Waals surface area (Å²) in [5, 5.41) is 12.6. The summed E-state index contributed by atoms with van der Waals surface area (Å²) in [6, 6.07) is 10.5. The van der Waals surface area contributed by atoms with E-state index in [0.29, 0.717) is 49.8 Å².